The highest BCUT2D eigenvalue weighted by Crippen LogP contribution is 2.22. The SMILES string of the molecule is COC(=O)C(C)CC(=O)OCOc1c2n(ccc1=O)N[C@@H]1COCCN1C2=O. The standard InChI is InChI=1S/C17H21N3O8/c1-10(17(24)25-2)7-13(22)27-9-28-15-11(21)3-4-20-14(15)16(23)19-5-6-26-8-12(19)18-20/h3-4,10,12,18H,5-9H2,1-2H3/t10?,12-/m0/s1. The van der Waals surface area contributed by atoms with Crippen molar-refractivity contribution in [3.63, 3.8) is 0 Å². The Morgan fingerprint density at radius 1 is 1.39 bits per heavy atom. The molecule has 0 aromatic carbocycles. The summed E-state index contributed by atoms with van der Waals surface area (Å²) in [4.78, 5) is 49.7. The van der Waals surface area contributed by atoms with Crippen molar-refractivity contribution in [2.75, 3.05) is 39.1 Å². The number of fused-ring (bicyclic) bond motifs is 2. The third-order valence-electron chi connectivity index (χ3n) is 4.43. The monoisotopic (exact) mass is 395 g/mol. The number of amides is 1. The molecule has 2 aliphatic heterocycles. The molecule has 1 N–H and O–H groups in total. The molecule has 0 radical (unpaired) electrons. The molecule has 1 unspecified atom stereocenters. The van der Waals surface area contributed by atoms with Crippen molar-refractivity contribution < 1.29 is 33.3 Å². The van der Waals surface area contributed by atoms with Crippen LogP contribution in [-0.4, -0.2) is 67.2 Å². The number of carbonyl (C=O) groups is 3. The van der Waals surface area contributed by atoms with Gasteiger partial charge in [-0.05, 0) is 0 Å². The predicted molar refractivity (Wildman–Crippen MR) is 93.1 cm³/mol. The van der Waals surface area contributed by atoms with Gasteiger partial charge in [-0.2, -0.15) is 0 Å². The smallest absolute Gasteiger partial charge is 0.309 e. The molecule has 0 saturated carbocycles. The number of hydrogen-bond donors (Lipinski definition) is 1. The van der Waals surface area contributed by atoms with Crippen molar-refractivity contribution in [2.45, 2.75) is 19.5 Å². The van der Waals surface area contributed by atoms with E-state index in [0.29, 0.717) is 19.8 Å². The van der Waals surface area contributed by atoms with Crippen molar-refractivity contribution >= 4 is 17.8 Å². The van der Waals surface area contributed by atoms with E-state index >= 15 is 0 Å². The van der Waals surface area contributed by atoms with E-state index in [4.69, 9.17) is 14.2 Å². The van der Waals surface area contributed by atoms with E-state index in [0.717, 1.165) is 0 Å². The Morgan fingerprint density at radius 2 is 2.18 bits per heavy atom. The van der Waals surface area contributed by atoms with Crippen molar-refractivity contribution in [2.24, 2.45) is 5.92 Å². The van der Waals surface area contributed by atoms with Gasteiger partial charge in [0.05, 0.1) is 32.7 Å². The van der Waals surface area contributed by atoms with Gasteiger partial charge in [-0.15, -0.1) is 0 Å². The van der Waals surface area contributed by atoms with Crippen LogP contribution in [0.5, 0.6) is 5.75 Å². The maximum Gasteiger partial charge on any atom is 0.309 e. The lowest BCUT2D eigenvalue weighted by atomic mass is 10.1. The highest BCUT2D eigenvalue weighted by atomic mass is 16.7. The number of hydrogen-bond acceptors (Lipinski definition) is 9. The number of ether oxygens (including phenoxy) is 4. The highest BCUT2D eigenvalue weighted by Gasteiger charge is 2.37. The highest BCUT2D eigenvalue weighted by molar-refractivity contribution is 5.96. The number of esters is 2. The van der Waals surface area contributed by atoms with Crippen molar-refractivity contribution in [3.8, 4) is 5.75 Å². The van der Waals surface area contributed by atoms with Crippen LogP contribution in [0.4, 0.5) is 0 Å². The summed E-state index contributed by atoms with van der Waals surface area (Å²) in [6, 6.07) is 1.24. The number of pyridine rings is 1. The van der Waals surface area contributed by atoms with Crippen LogP contribution in [0.25, 0.3) is 0 Å². The van der Waals surface area contributed by atoms with E-state index in [1.54, 1.807) is 4.90 Å². The molecule has 152 valence electrons. The van der Waals surface area contributed by atoms with Crippen LogP contribution < -0.4 is 15.6 Å². The average Bonchev–Trinajstić information content (AvgIpc) is 2.69. The number of morpholine rings is 1. The second-order valence-electron chi connectivity index (χ2n) is 6.35. The minimum absolute atomic E-state index is 0.0182. The molecule has 1 aromatic rings. The zero-order valence-corrected chi connectivity index (χ0v) is 15.5. The van der Waals surface area contributed by atoms with E-state index in [-0.39, 0.29) is 29.9 Å². The molecule has 0 aliphatic carbocycles. The van der Waals surface area contributed by atoms with Gasteiger partial charge in [0.15, 0.2) is 5.69 Å². The molecular weight excluding hydrogens is 374 g/mol. The summed E-state index contributed by atoms with van der Waals surface area (Å²) >= 11 is 0. The summed E-state index contributed by atoms with van der Waals surface area (Å²) in [5.74, 6) is -2.51. The van der Waals surface area contributed by atoms with E-state index in [1.807, 2.05) is 0 Å². The number of aromatic nitrogens is 1. The summed E-state index contributed by atoms with van der Waals surface area (Å²) < 4.78 is 21.5. The number of methoxy groups -OCH3 is 1. The summed E-state index contributed by atoms with van der Waals surface area (Å²) in [5, 5.41) is 0. The Hall–Kier alpha value is -3.08. The summed E-state index contributed by atoms with van der Waals surface area (Å²) in [7, 11) is 1.23. The number of nitrogens with one attached hydrogen (secondary N) is 1. The van der Waals surface area contributed by atoms with Crippen LogP contribution in [-0.2, 0) is 23.8 Å². The fourth-order valence-corrected chi connectivity index (χ4v) is 2.96. The largest absolute Gasteiger partial charge is 0.469 e. The van der Waals surface area contributed by atoms with Gasteiger partial charge in [-0.25, -0.2) is 0 Å². The zero-order chi connectivity index (χ0) is 20.3. The maximum atomic E-state index is 12.8. The van der Waals surface area contributed by atoms with Crippen LogP contribution >= 0.6 is 0 Å². The quantitative estimate of drug-likeness (QED) is 0.491. The lowest BCUT2D eigenvalue weighted by molar-refractivity contribution is -0.156. The van der Waals surface area contributed by atoms with Gasteiger partial charge in [-0.1, -0.05) is 6.92 Å². The molecule has 3 rings (SSSR count). The lowest BCUT2D eigenvalue weighted by Crippen LogP contribution is -2.59. The lowest BCUT2D eigenvalue weighted by Gasteiger charge is -2.41. The second-order valence-corrected chi connectivity index (χ2v) is 6.35. The van der Waals surface area contributed by atoms with Gasteiger partial charge in [0.1, 0.15) is 6.17 Å². The predicted octanol–water partition coefficient (Wildman–Crippen LogP) is -0.717. The topological polar surface area (TPSA) is 125 Å². The fraction of sp³-hybridized carbons (Fsp3) is 0.529. The van der Waals surface area contributed by atoms with Gasteiger partial charge in [0.2, 0.25) is 18.0 Å². The average molecular weight is 395 g/mol. The van der Waals surface area contributed by atoms with Crippen LogP contribution in [0.3, 0.4) is 0 Å². The first-order valence-corrected chi connectivity index (χ1v) is 8.69. The Labute approximate surface area is 160 Å². The first-order chi connectivity index (χ1) is 13.4. The second kappa shape index (κ2) is 8.30. The van der Waals surface area contributed by atoms with Gasteiger partial charge in [-0.3, -0.25) is 23.9 Å². The molecule has 2 atom stereocenters. The van der Waals surface area contributed by atoms with E-state index < -0.39 is 30.1 Å². The van der Waals surface area contributed by atoms with Crippen LogP contribution in [0, 0.1) is 5.92 Å². The maximum absolute atomic E-state index is 12.8. The minimum Gasteiger partial charge on any atom is -0.469 e. The van der Waals surface area contributed by atoms with E-state index in [2.05, 4.69) is 10.2 Å². The van der Waals surface area contributed by atoms with Crippen LogP contribution in [0.15, 0.2) is 17.1 Å². The molecule has 1 amide bonds. The molecule has 1 saturated heterocycles. The van der Waals surface area contributed by atoms with Gasteiger partial charge in [0, 0.05) is 18.8 Å². The fourth-order valence-electron chi connectivity index (χ4n) is 2.96. The first-order valence-electron chi connectivity index (χ1n) is 8.69. The minimum atomic E-state index is -0.694. The molecular formula is C17H21N3O8. The van der Waals surface area contributed by atoms with E-state index in [1.165, 1.54) is 31.0 Å². The van der Waals surface area contributed by atoms with Gasteiger partial charge >= 0.3 is 11.9 Å². The van der Waals surface area contributed by atoms with E-state index in [9.17, 15) is 19.2 Å². The summed E-state index contributed by atoms with van der Waals surface area (Å²) in [6.07, 6.45) is 0.887. The summed E-state index contributed by atoms with van der Waals surface area (Å²) in [5.41, 5.74) is 2.56. The molecule has 11 nitrogen and oxygen atoms in total. The molecule has 1 fully saturated rings. The number of rotatable bonds is 6. The Kier molecular flexibility index (Phi) is 5.83. The molecule has 2 aliphatic rings. The third kappa shape index (κ3) is 3.93. The van der Waals surface area contributed by atoms with Crippen LogP contribution in [0.2, 0.25) is 0 Å². The zero-order valence-electron chi connectivity index (χ0n) is 15.5. The first kappa shape index (κ1) is 19.7. The molecule has 3 heterocycles. The van der Waals surface area contributed by atoms with Crippen molar-refractivity contribution in [1.82, 2.24) is 9.58 Å². The normalized spacial score (nSPS) is 19.0. The Balaban J connectivity index is 1.68. The summed E-state index contributed by atoms with van der Waals surface area (Å²) in [6.45, 7) is 2.05. The Morgan fingerprint density at radius 3 is 2.93 bits per heavy atom. The Bertz CT molecular complexity index is 836. The van der Waals surface area contributed by atoms with Crippen LogP contribution in [0.1, 0.15) is 23.8 Å². The molecule has 0 bridgehead atoms. The molecule has 11 heteroatoms. The van der Waals surface area contributed by atoms with Crippen molar-refractivity contribution in [1.29, 1.82) is 0 Å². The van der Waals surface area contributed by atoms with Gasteiger partial charge < -0.3 is 29.3 Å². The molecule has 0 spiro atoms. The third-order valence-corrected chi connectivity index (χ3v) is 4.43. The molecule has 28 heavy (non-hydrogen) atoms. The molecule has 1 aromatic heterocycles. The van der Waals surface area contributed by atoms with Gasteiger partial charge in [0.25, 0.3) is 5.91 Å². The number of nitrogens with zero attached hydrogens (tertiary/aromatic N) is 2. The van der Waals surface area contributed by atoms with Crippen molar-refractivity contribution in [3.05, 3.63) is 28.2 Å². The number of carbonyl (C=O) groups excluding carboxylic acids is 3.